The highest BCUT2D eigenvalue weighted by Crippen LogP contribution is 2.27. The molecule has 0 aliphatic rings. The molecule has 56 valence electrons. The number of hydrogen-bond donors (Lipinski definition) is 1. The Balaban J connectivity index is 3.40. The minimum Gasteiger partial charge on any atom is -0.395 e. The van der Waals surface area contributed by atoms with Crippen LogP contribution < -0.4 is 5.73 Å². The average Bonchev–Trinajstić information content (AvgIpc) is 2.01. The molecule has 0 saturated heterocycles. The van der Waals surface area contributed by atoms with Crippen molar-refractivity contribution in [2.24, 2.45) is 0 Å². The molecular weight excluding hydrogens is 185 g/mol. The summed E-state index contributed by atoms with van der Waals surface area (Å²) in [5, 5.41) is 8.74. The van der Waals surface area contributed by atoms with Crippen molar-refractivity contribution in [3.8, 4) is 6.07 Å². The number of nitrogen functional groups attached to an aromatic ring is 1. The number of hydrogen-bond acceptors (Lipinski definition) is 3. The molecule has 1 aromatic heterocycles. The molecule has 0 aliphatic heterocycles. The second-order valence-corrected chi connectivity index (χ2v) is 2.54. The van der Waals surface area contributed by atoms with Gasteiger partial charge in [-0.1, -0.05) is 23.2 Å². The number of halogens is 2. The zero-order chi connectivity index (χ0) is 8.43. The summed E-state index contributed by atoms with van der Waals surface area (Å²) in [6.45, 7) is 0. The lowest BCUT2D eigenvalue weighted by atomic mass is 10.3. The van der Waals surface area contributed by atoms with Gasteiger partial charge in [-0.05, 0) is 0 Å². The van der Waals surface area contributed by atoms with Crippen LogP contribution in [-0.2, 0) is 0 Å². The van der Waals surface area contributed by atoms with Gasteiger partial charge in [0.1, 0.15) is 6.07 Å². The molecule has 3 nitrogen and oxygen atoms in total. The van der Waals surface area contributed by atoms with Crippen molar-refractivity contribution in [2.45, 2.75) is 0 Å². The van der Waals surface area contributed by atoms with E-state index in [-0.39, 0.29) is 21.4 Å². The maximum atomic E-state index is 8.46. The van der Waals surface area contributed by atoms with Crippen molar-refractivity contribution in [3.05, 3.63) is 21.9 Å². The van der Waals surface area contributed by atoms with Crippen molar-refractivity contribution in [1.82, 2.24) is 4.98 Å². The Morgan fingerprint density at radius 3 is 2.73 bits per heavy atom. The van der Waals surface area contributed by atoms with Crippen molar-refractivity contribution < 1.29 is 0 Å². The van der Waals surface area contributed by atoms with E-state index in [4.69, 9.17) is 34.2 Å². The van der Waals surface area contributed by atoms with E-state index in [9.17, 15) is 0 Å². The van der Waals surface area contributed by atoms with Crippen LogP contribution in [0.1, 0.15) is 5.56 Å². The molecule has 1 aromatic rings. The number of aromatic nitrogens is 1. The third kappa shape index (κ3) is 1.37. The molecule has 0 bridgehead atoms. The van der Waals surface area contributed by atoms with Gasteiger partial charge in [-0.3, -0.25) is 0 Å². The zero-order valence-corrected chi connectivity index (χ0v) is 6.82. The summed E-state index contributed by atoms with van der Waals surface area (Å²) in [4.78, 5) is 3.64. The monoisotopic (exact) mass is 187 g/mol. The first-order valence-electron chi connectivity index (χ1n) is 2.66. The summed E-state index contributed by atoms with van der Waals surface area (Å²) < 4.78 is 0. The third-order valence-corrected chi connectivity index (χ3v) is 1.83. The van der Waals surface area contributed by atoms with E-state index >= 15 is 0 Å². The second kappa shape index (κ2) is 2.95. The van der Waals surface area contributed by atoms with E-state index in [1.807, 2.05) is 6.07 Å². The number of nitrogens with two attached hydrogens (primary N) is 1. The quantitative estimate of drug-likeness (QED) is 0.631. The van der Waals surface area contributed by atoms with Crippen LogP contribution in [0, 0.1) is 11.3 Å². The summed E-state index contributed by atoms with van der Waals surface area (Å²) in [5.74, 6) is 0. The van der Waals surface area contributed by atoms with Gasteiger partial charge in [-0.15, -0.1) is 0 Å². The smallest absolute Gasteiger partial charge is 0.153 e. The average molecular weight is 188 g/mol. The van der Waals surface area contributed by atoms with Gasteiger partial charge in [-0.2, -0.15) is 5.26 Å². The molecule has 0 aliphatic carbocycles. The van der Waals surface area contributed by atoms with E-state index < -0.39 is 0 Å². The highest BCUT2D eigenvalue weighted by Gasteiger charge is 2.07. The topological polar surface area (TPSA) is 62.7 Å². The SMILES string of the molecule is N#Cc1cnc(Cl)c(N)c1Cl. The second-order valence-electron chi connectivity index (χ2n) is 1.80. The van der Waals surface area contributed by atoms with Crippen LogP contribution in [0.3, 0.4) is 0 Å². The number of rotatable bonds is 0. The van der Waals surface area contributed by atoms with Gasteiger partial charge < -0.3 is 5.73 Å². The van der Waals surface area contributed by atoms with Gasteiger partial charge in [0, 0.05) is 6.20 Å². The Bertz CT molecular complexity index is 329. The number of pyridine rings is 1. The van der Waals surface area contributed by atoms with E-state index in [1.54, 1.807) is 0 Å². The predicted octanol–water partition coefficient (Wildman–Crippen LogP) is 1.84. The maximum Gasteiger partial charge on any atom is 0.153 e. The Morgan fingerprint density at radius 2 is 2.18 bits per heavy atom. The molecule has 0 saturated carbocycles. The van der Waals surface area contributed by atoms with E-state index in [0.29, 0.717) is 0 Å². The Kier molecular flexibility index (Phi) is 2.18. The summed E-state index contributed by atoms with van der Waals surface area (Å²) in [5.41, 5.74) is 5.76. The van der Waals surface area contributed by atoms with Crippen LogP contribution in [-0.4, -0.2) is 4.98 Å². The van der Waals surface area contributed by atoms with Gasteiger partial charge in [-0.25, -0.2) is 4.98 Å². The van der Waals surface area contributed by atoms with Gasteiger partial charge in [0.15, 0.2) is 5.15 Å². The molecule has 0 spiro atoms. The predicted molar refractivity (Wildman–Crippen MR) is 43.4 cm³/mol. The molecule has 0 aromatic carbocycles. The lowest BCUT2D eigenvalue weighted by Crippen LogP contribution is -1.92. The fraction of sp³-hybridized carbons (Fsp3) is 0. The molecular formula is C6H3Cl2N3. The van der Waals surface area contributed by atoms with Gasteiger partial charge in [0.25, 0.3) is 0 Å². The standard InChI is InChI=1S/C6H3Cl2N3/c7-4-3(1-9)2-11-6(8)5(4)10/h2H,10H2. The minimum atomic E-state index is 0.119. The highest BCUT2D eigenvalue weighted by atomic mass is 35.5. The van der Waals surface area contributed by atoms with Crippen molar-refractivity contribution >= 4 is 28.9 Å². The lowest BCUT2D eigenvalue weighted by Gasteiger charge is -1.99. The molecule has 5 heteroatoms. The van der Waals surface area contributed by atoms with E-state index in [2.05, 4.69) is 4.98 Å². The van der Waals surface area contributed by atoms with E-state index in [0.717, 1.165) is 0 Å². The summed E-state index contributed by atoms with van der Waals surface area (Å²) in [6.07, 6.45) is 1.28. The molecule has 11 heavy (non-hydrogen) atoms. The van der Waals surface area contributed by atoms with Crippen molar-refractivity contribution in [3.63, 3.8) is 0 Å². The maximum absolute atomic E-state index is 8.46. The molecule has 0 fully saturated rings. The van der Waals surface area contributed by atoms with E-state index in [1.165, 1.54) is 6.20 Å². The van der Waals surface area contributed by atoms with Crippen LogP contribution in [0.2, 0.25) is 10.2 Å². The summed E-state index contributed by atoms with van der Waals surface area (Å²) in [7, 11) is 0. The number of nitriles is 1. The molecule has 1 rings (SSSR count). The first-order chi connectivity index (χ1) is 5.16. The van der Waals surface area contributed by atoms with Gasteiger partial charge >= 0.3 is 0 Å². The highest BCUT2D eigenvalue weighted by molar-refractivity contribution is 6.38. The first kappa shape index (κ1) is 8.12. The zero-order valence-electron chi connectivity index (χ0n) is 5.31. The van der Waals surface area contributed by atoms with Crippen LogP contribution in [0.5, 0.6) is 0 Å². The Morgan fingerprint density at radius 1 is 1.55 bits per heavy atom. The minimum absolute atomic E-state index is 0.119. The van der Waals surface area contributed by atoms with Crippen molar-refractivity contribution in [1.29, 1.82) is 5.26 Å². The number of nitrogens with zero attached hydrogens (tertiary/aromatic N) is 2. The van der Waals surface area contributed by atoms with Crippen LogP contribution in [0.15, 0.2) is 6.20 Å². The van der Waals surface area contributed by atoms with Crippen LogP contribution in [0.4, 0.5) is 5.69 Å². The molecule has 2 N–H and O–H groups in total. The number of anilines is 1. The fourth-order valence-electron chi connectivity index (χ4n) is 0.561. The normalized spacial score (nSPS) is 9.18. The lowest BCUT2D eigenvalue weighted by molar-refractivity contribution is 1.30. The summed E-state index contributed by atoms with van der Waals surface area (Å²) >= 11 is 11.1. The van der Waals surface area contributed by atoms with Gasteiger partial charge in [0.05, 0.1) is 16.3 Å². The summed E-state index contributed by atoms with van der Waals surface area (Å²) in [6, 6.07) is 1.83. The van der Waals surface area contributed by atoms with Crippen LogP contribution in [0.25, 0.3) is 0 Å². The molecule has 0 atom stereocenters. The molecule has 0 radical (unpaired) electrons. The Hall–Kier alpha value is -0.980. The molecule has 0 unspecified atom stereocenters. The first-order valence-corrected chi connectivity index (χ1v) is 3.42. The van der Waals surface area contributed by atoms with Crippen molar-refractivity contribution in [2.75, 3.05) is 5.73 Å². The molecule has 1 heterocycles. The fourth-order valence-corrected chi connectivity index (χ4v) is 0.933. The van der Waals surface area contributed by atoms with Gasteiger partial charge in [0.2, 0.25) is 0 Å². The molecule has 0 amide bonds. The Labute approximate surface area is 73.4 Å². The third-order valence-electron chi connectivity index (χ3n) is 1.12. The van der Waals surface area contributed by atoms with Crippen LogP contribution >= 0.6 is 23.2 Å². The largest absolute Gasteiger partial charge is 0.395 e.